The molecule has 1 N–H and O–H groups in total. The molecule has 196 valence electrons. The molecule has 0 aliphatic carbocycles. The number of pyridine rings is 1. The number of halogens is 4. The number of imidazole rings is 1. The summed E-state index contributed by atoms with van der Waals surface area (Å²) in [5.74, 6) is -1.73. The third-order valence-electron chi connectivity index (χ3n) is 5.97. The van der Waals surface area contributed by atoms with Crippen molar-refractivity contribution in [2.75, 3.05) is 9.80 Å². The number of rotatable bonds is 5. The normalized spacial score (nSPS) is 15.1. The first-order chi connectivity index (χ1) is 17.8. The number of aryl methyl sites for hydroxylation is 1. The zero-order valence-corrected chi connectivity index (χ0v) is 21.0. The van der Waals surface area contributed by atoms with Crippen molar-refractivity contribution in [3.05, 3.63) is 71.3 Å². The van der Waals surface area contributed by atoms with Gasteiger partial charge in [0, 0.05) is 37.2 Å². The monoisotopic (exact) mass is 545 g/mol. The Balaban J connectivity index is 1.62. The molecule has 0 spiro atoms. The summed E-state index contributed by atoms with van der Waals surface area (Å²) in [5, 5.41) is 11.4. The van der Waals surface area contributed by atoms with Crippen LogP contribution in [0.4, 0.5) is 28.9 Å². The molecule has 1 aromatic carbocycles. The molecule has 9 nitrogen and oxygen atoms in total. The second-order valence-corrected chi connectivity index (χ2v) is 9.20. The first-order valence-corrected chi connectivity index (χ1v) is 11.4. The second-order valence-electron chi connectivity index (χ2n) is 8.84. The fraction of sp³-hybridized carbons (Fsp3) is 0.250. The molecule has 4 rings (SSSR count). The highest BCUT2D eigenvalue weighted by Crippen LogP contribution is 2.39. The Morgan fingerprint density at radius 1 is 1.21 bits per heavy atom. The standard InChI is InChI=1S/C24H19F4N7O2S/c1-23(2)21(37)34(15-8-16(24(26,27)28)18(10-29)31-12-15)22(38)35(23)14-5-4-13(17(25)9-14)11-32-20(36)19-30-6-7-33(19)3/h4-9,12H,11H2,1-3H3,(H,32,36). The zero-order chi connectivity index (χ0) is 28.0. The van der Waals surface area contributed by atoms with E-state index in [1.807, 2.05) is 0 Å². The highest BCUT2D eigenvalue weighted by Gasteiger charge is 2.51. The van der Waals surface area contributed by atoms with Crippen LogP contribution < -0.4 is 15.1 Å². The molecule has 3 aromatic rings. The largest absolute Gasteiger partial charge is 0.419 e. The summed E-state index contributed by atoms with van der Waals surface area (Å²) in [6.07, 6.45) is -0.898. The van der Waals surface area contributed by atoms with Gasteiger partial charge in [-0.2, -0.15) is 18.4 Å². The van der Waals surface area contributed by atoms with E-state index in [-0.39, 0.29) is 34.4 Å². The molecule has 0 radical (unpaired) electrons. The van der Waals surface area contributed by atoms with Crippen LogP contribution >= 0.6 is 12.2 Å². The number of anilines is 2. The second kappa shape index (κ2) is 9.49. The van der Waals surface area contributed by atoms with Gasteiger partial charge in [0.1, 0.15) is 17.4 Å². The van der Waals surface area contributed by atoms with Gasteiger partial charge in [0.2, 0.25) is 0 Å². The van der Waals surface area contributed by atoms with Crippen molar-refractivity contribution in [1.82, 2.24) is 19.9 Å². The minimum absolute atomic E-state index is 0.145. The fourth-order valence-electron chi connectivity index (χ4n) is 3.99. The Kier molecular flexibility index (Phi) is 6.66. The van der Waals surface area contributed by atoms with Crippen molar-refractivity contribution in [3.8, 4) is 6.07 Å². The van der Waals surface area contributed by atoms with Gasteiger partial charge in [-0.3, -0.25) is 14.5 Å². The summed E-state index contributed by atoms with van der Waals surface area (Å²) in [6, 6.07) is 6.01. The molecule has 0 unspecified atom stereocenters. The van der Waals surface area contributed by atoms with Crippen LogP contribution in [-0.2, 0) is 24.6 Å². The van der Waals surface area contributed by atoms with Gasteiger partial charge in [-0.1, -0.05) is 6.07 Å². The van der Waals surface area contributed by atoms with E-state index in [0.29, 0.717) is 6.07 Å². The van der Waals surface area contributed by atoms with Gasteiger partial charge in [0.05, 0.1) is 17.4 Å². The van der Waals surface area contributed by atoms with E-state index in [0.717, 1.165) is 17.2 Å². The highest BCUT2D eigenvalue weighted by molar-refractivity contribution is 7.81. The van der Waals surface area contributed by atoms with Crippen LogP contribution in [0.5, 0.6) is 0 Å². The summed E-state index contributed by atoms with van der Waals surface area (Å²) in [6.45, 7) is 2.83. The van der Waals surface area contributed by atoms with E-state index in [2.05, 4.69) is 15.3 Å². The minimum Gasteiger partial charge on any atom is -0.345 e. The molecule has 1 aliphatic heterocycles. The van der Waals surface area contributed by atoms with E-state index in [4.69, 9.17) is 17.5 Å². The maximum Gasteiger partial charge on any atom is 0.419 e. The molecule has 0 saturated carbocycles. The summed E-state index contributed by atoms with van der Waals surface area (Å²) in [5.41, 5.74) is -3.52. The first-order valence-electron chi connectivity index (χ1n) is 11.0. The summed E-state index contributed by atoms with van der Waals surface area (Å²) >= 11 is 5.44. The molecule has 1 saturated heterocycles. The number of carbonyl (C=O) groups excluding carboxylic acids is 2. The molecule has 2 aromatic heterocycles. The molecular formula is C24H19F4N7O2S. The molecule has 2 amide bonds. The number of hydrogen-bond acceptors (Lipinski definition) is 6. The van der Waals surface area contributed by atoms with Crippen molar-refractivity contribution < 1.29 is 27.2 Å². The molecule has 14 heteroatoms. The van der Waals surface area contributed by atoms with Crippen molar-refractivity contribution in [1.29, 1.82) is 5.26 Å². The van der Waals surface area contributed by atoms with Crippen LogP contribution in [0.2, 0.25) is 0 Å². The average molecular weight is 546 g/mol. The van der Waals surface area contributed by atoms with E-state index in [1.54, 1.807) is 13.2 Å². The summed E-state index contributed by atoms with van der Waals surface area (Å²) in [4.78, 5) is 35.2. The number of hydrogen-bond donors (Lipinski definition) is 1. The maximum absolute atomic E-state index is 15.0. The molecule has 0 bridgehead atoms. The van der Waals surface area contributed by atoms with Gasteiger partial charge >= 0.3 is 6.18 Å². The Labute approximate surface area is 219 Å². The lowest BCUT2D eigenvalue weighted by molar-refractivity contribution is -0.138. The highest BCUT2D eigenvalue weighted by atomic mass is 32.1. The Morgan fingerprint density at radius 2 is 1.92 bits per heavy atom. The van der Waals surface area contributed by atoms with Gasteiger partial charge in [0.15, 0.2) is 16.6 Å². The van der Waals surface area contributed by atoms with Crippen LogP contribution in [0, 0.1) is 17.1 Å². The lowest BCUT2D eigenvalue weighted by atomic mass is 10.0. The predicted molar refractivity (Wildman–Crippen MR) is 131 cm³/mol. The number of nitrogens with zero attached hydrogens (tertiary/aromatic N) is 6. The minimum atomic E-state index is -4.89. The fourth-order valence-corrected chi connectivity index (χ4v) is 4.52. The number of aromatic nitrogens is 3. The van der Waals surface area contributed by atoms with E-state index >= 15 is 4.39 Å². The lowest BCUT2D eigenvalue weighted by Crippen LogP contribution is -2.44. The maximum atomic E-state index is 15.0. The molecular weight excluding hydrogens is 526 g/mol. The van der Waals surface area contributed by atoms with Crippen molar-refractivity contribution >= 4 is 40.5 Å². The van der Waals surface area contributed by atoms with Crippen LogP contribution in [0.15, 0.2) is 42.9 Å². The van der Waals surface area contributed by atoms with Crippen LogP contribution in [0.1, 0.15) is 41.3 Å². The van der Waals surface area contributed by atoms with E-state index < -0.39 is 40.6 Å². The molecule has 1 aliphatic rings. The zero-order valence-electron chi connectivity index (χ0n) is 20.2. The first kappa shape index (κ1) is 26.7. The van der Waals surface area contributed by atoms with E-state index in [1.165, 1.54) is 47.7 Å². The van der Waals surface area contributed by atoms with Crippen molar-refractivity contribution in [2.24, 2.45) is 7.05 Å². The predicted octanol–water partition coefficient (Wildman–Crippen LogP) is 3.69. The van der Waals surface area contributed by atoms with Crippen molar-refractivity contribution in [3.63, 3.8) is 0 Å². The van der Waals surface area contributed by atoms with Gasteiger partial charge < -0.3 is 14.8 Å². The quantitative estimate of drug-likeness (QED) is 0.385. The van der Waals surface area contributed by atoms with Crippen LogP contribution in [0.3, 0.4) is 0 Å². The lowest BCUT2D eigenvalue weighted by Gasteiger charge is -2.29. The van der Waals surface area contributed by atoms with Gasteiger partial charge in [0.25, 0.3) is 11.8 Å². The number of alkyl halides is 3. The molecule has 38 heavy (non-hydrogen) atoms. The number of nitrogens with one attached hydrogen (secondary N) is 1. The topological polar surface area (TPSA) is 107 Å². The third-order valence-corrected chi connectivity index (χ3v) is 6.33. The van der Waals surface area contributed by atoms with Crippen LogP contribution in [-0.4, -0.2) is 37.0 Å². The van der Waals surface area contributed by atoms with Gasteiger partial charge in [-0.05, 0) is 44.3 Å². The summed E-state index contributed by atoms with van der Waals surface area (Å²) < 4.78 is 57.0. The SMILES string of the molecule is Cn1ccnc1C(=O)NCc1ccc(N2C(=S)N(c3cnc(C#N)c(C(F)(F)F)c3)C(=O)C2(C)C)cc1F. The van der Waals surface area contributed by atoms with Crippen LogP contribution in [0.25, 0.3) is 0 Å². The average Bonchev–Trinajstić information content (AvgIpc) is 3.35. The molecule has 1 fully saturated rings. The number of benzene rings is 1. The van der Waals surface area contributed by atoms with Gasteiger partial charge in [-0.25, -0.2) is 14.4 Å². The number of amides is 2. The number of carbonyl (C=O) groups is 2. The molecule has 0 atom stereocenters. The smallest absolute Gasteiger partial charge is 0.345 e. The number of thiocarbonyl (C=S) groups is 1. The Hall–Kier alpha value is -4.38. The van der Waals surface area contributed by atoms with E-state index in [9.17, 15) is 22.8 Å². The number of nitriles is 1. The Morgan fingerprint density at radius 3 is 2.50 bits per heavy atom. The summed E-state index contributed by atoms with van der Waals surface area (Å²) in [7, 11) is 1.64. The Bertz CT molecular complexity index is 1510. The van der Waals surface area contributed by atoms with Gasteiger partial charge in [-0.15, -0.1) is 0 Å². The van der Waals surface area contributed by atoms with Crippen molar-refractivity contribution in [2.45, 2.75) is 32.1 Å². The third kappa shape index (κ3) is 4.56. The molecule has 3 heterocycles.